The Hall–Kier alpha value is -1.09. The van der Waals surface area contributed by atoms with E-state index in [1.54, 1.807) is 18.2 Å². The second kappa shape index (κ2) is 7.28. The number of nitrogens with one attached hydrogen (secondary N) is 1. The fraction of sp³-hybridized carbons (Fsp3) is 0.571. The van der Waals surface area contributed by atoms with Crippen molar-refractivity contribution in [1.82, 2.24) is 5.32 Å². The van der Waals surface area contributed by atoms with E-state index in [1.807, 2.05) is 0 Å². The van der Waals surface area contributed by atoms with E-state index in [0.717, 1.165) is 19.5 Å². The molecule has 2 nitrogen and oxygen atoms in total. The third-order valence-corrected chi connectivity index (χ3v) is 2.63. The molecule has 0 saturated heterocycles. The van der Waals surface area contributed by atoms with Crippen LogP contribution in [0.15, 0.2) is 24.3 Å². The van der Waals surface area contributed by atoms with Gasteiger partial charge in [0.2, 0.25) is 0 Å². The summed E-state index contributed by atoms with van der Waals surface area (Å²) >= 11 is 0. The molecule has 0 heterocycles. The molecule has 17 heavy (non-hydrogen) atoms. The Morgan fingerprint density at radius 1 is 1.29 bits per heavy atom. The van der Waals surface area contributed by atoms with Crippen molar-refractivity contribution in [1.29, 1.82) is 0 Å². The van der Waals surface area contributed by atoms with E-state index in [4.69, 9.17) is 4.74 Å². The van der Waals surface area contributed by atoms with Gasteiger partial charge in [-0.25, -0.2) is 4.39 Å². The van der Waals surface area contributed by atoms with Gasteiger partial charge in [-0.2, -0.15) is 0 Å². The third-order valence-electron chi connectivity index (χ3n) is 2.63. The molecule has 0 radical (unpaired) electrons. The van der Waals surface area contributed by atoms with Crippen LogP contribution in [-0.2, 0) is 0 Å². The summed E-state index contributed by atoms with van der Waals surface area (Å²) in [6.45, 7) is 8.00. The Morgan fingerprint density at radius 2 is 2.00 bits per heavy atom. The van der Waals surface area contributed by atoms with Crippen molar-refractivity contribution in [3.8, 4) is 5.75 Å². The molecule has 1 aromatic carbocycles. The Kier molecular flexibility index (Phi) is 5.98. The third kappa shape index (κ3) is 4.73. The fourth-order valence-electron chi connectivity index (χ4n) is 1.54. The molecule has 0 aromatic heterocycles. The zero-order valence-corrected chi connectivity index (χ0v) is 10.9. The van der Waals surface area contributed by atoms with E-state index in [2.05, 4.69) is 26.1 Å². The maximum atomic E-state index is 13.5. The lowest BCUT2D eigenvalue weighted by molar-refractivity contribution is 0.143. The summed E-state index contributed by atoms with van der Waals surface area (Å²) in [6, 6.07) is 6.55. The molecule has 0 aliphatic carbocycles. The summed E-state index contributed by atoms with van der Waals surface area (Å²) in [6.07, 6.45) is 1.09. The first kappa shape index (κ1) is 14.0. The standard InChI is InChI=1S/C14H22FNO/c1-4-9-16-10-14(11(2)3)17-13-8-6-5-7-12(13)15/h5-8,11,14,16H,4,9-10H2,1-3H3. The normalized spacial score (nSPS) is 12.8. The molecular formula is C14H22FNO. The lowest BCUT2D eigenvalue weighted by atomic mass is 10.1. The van der Waals surface area contributed by atoms with Gasteiger partial charge in [-0.3, -0.25) is 0 Å². The highest BCUT2D eigenvalue weighted by atomic mass is 19.1. The van der Waals surface area contributed by atoms with Crippen LogP contribution < -0.4 is 10.1 Å². The molecule has 1 rings (SSSR count). The van der Waals surface area contributed by atoms with Crippen molar-refractivity contribution < 1.29 is 9.13 Å². The topological polar surface area (TPSA) is 21.3 Å². The highest BCUT2D eigenvalue weighted by Crippen LogP contribution is 2.19. The van der Waals surface area contributed by atoms with Gasteiger partial charge in [-0.05, 0) is 31.0 Å². The van der Waals surface area contributed by atoms with E-state index < -0.39 is 0 Å². The van der Waals surface area contributed by atoms with Gasteiger partial charge in [0.1, 0.15) is 6.10 Å². The fourth-order valence-corrected chi connectivity index (χ4v) is 1.54. The van der Waals surface area contributed by atoms with Gasteiger partial charge < -0.3 is 10.1 Å². The van der Waals surface area contributed by atoms with Crippen molar-refractivity contribution >= 4 is 0 Å². The molecule has 0 spiro atoms. The molecule has 1 aromatic rings. The van der Waals surface area contributed by atoms with Crippen LogP contribution in [0.1, 0.15) is 27.2 Å². The molecule has 3 heteroatoms. The average molecular weight is 239 g/mol. The Labute approximate surface area is 103 Å². The van der Waals surface area contributed by atoms with Gasteiger partial charge in [0, 0.05) is 6.54 Å². The lowest BCUT2D eigenvalue weighted by Gasteiger charge is -2.23. The largest absolute Gasteiger partial charge is 0.486 e. The number of hydrogen-bond donors (Lipinski definition) is 1. The first-order chi connectivity index (χ1) is 8.15. The highest BCUT2D eigenvalue weighted by molar-refractivity contribution is 5.23. The smallest absolute Gasteiger partial charge is 0.165 e. The van der Waals surface area contributed by atoms with E-state index in [1.165, 1.54) is 6.07 Å². The van der Waals surface area contributed by atoms with E-state index in [0.29, 0.717) is 11.7 Å². The van der Waals surface area contributed by atoms with Crippen molar-refractivity contribution in [2.24, 2.45) is 5.92 Å². The average Bonchev–Trinajstić information content (AvgIpc) is 2.30. The number of para-hydroxylation sites is 1. The van der Waals surface area contributed by atoms with Gasteiger partial charge in [0.05, 0.1) is 0 Å². The molecule has 0 fully saturated rings. The molecule has 0 aliphatic heterocycles. The summed E-state index contributed by atoms with van der Waals surface area (Å²) in [5, 5.41) is 3.31. The lowest BCUT2D eigenvalue weighted by Crippen LogP contribution is -2.36. The van der Waals surface area contributed by atoms with Crippen LogP contribution >= 0.6 is 0 Å². The van der Waals surface area contributed by atoms with E-state index in [9.17, 15) is 4.39 Å². The second-order valence-electron chi connectivity index (χ2n) is 4.53. The van der Waals surface area contributed by atoms with Crippen LogP contribution in [0.2, 0.25) is 0 Å². The molecule has 1 N–H and O–H groups in total. The zero-order valence-electron chi connectivity index (χ0n) is 10.9. The molecule has 0 amide bonds. The summed E-state index contributed by atoms with van der Waals surface area (Å²) < 4.78 is 19.2. The number of ether oxygens (including phenoxy) is 1. The zero-order chi connectivity index (χ0) is 12.7. The summed E-state index contributed by atoms with van der Waals surface area (Å²) in [4.78, 5) is 0. The number of hydrogen-bond acceptors (Lipinski definition) is 2. The first-order valence-corrected chi connectivity index (χ1v) is 6.27. The maximum Gasteiger partial charge on any atom is 0.165 e. The summed E-state index contributed by atoms with van der Waals surface area (Å²) in [5.41, 5.74) is 0. The van der Waals surface area contributed by atoms with Gasteiger partial charge in [-0.1, -0.05) is 32.9 Å². The maximum absolute atomic E-state index is 13.5. The van der Waals surface area contributed by atoms with Gasteiger partial charge in [0.25, 0.3) is 0 Å². The Bertz CT molecular complexity index is 328. The van der Waals surface area contributed by atoms with Crippen molar-refractivity contribution in [3.05, 3.63) is 30.1 Å². The van der Waals surface area contributed by atoms with Crippen molar-refractivity contribution in [2.45, 2.75) is 33.3 Å². The minimum atomic E-state index is -0.298. The number of benzene rings is 1. The molecule has 0 saturated carbocycles. The van der Waals surface area contributed by atoms with Gasteiger partial charge in [0.15, 0.2) is 11.6 Å². The van der Waals surface area contributed by atoms with Crippen molar-refractivity contribution in [3.63, 3.8) is 0 Å². The van der Waals surface area contributed by atoms with E-state index in [-0.39, 0.29) is 11.9 Å². The molecule has 96 valence electrons. The predicted octanol–water partition coefficient (Wildman–Crippen LogP) is 3.23. The van der Waals surface area contributed by atoms with Crippen LogP contribution in [0.4, 0.5) is 4.39 Å². The summed E-state index contributed by atoms with van der Waals surface area (Å²) in [7, 11) is 0. The minimum Gasteiger partial charge on any atom is -0.486 e. The molecule has 1 unspecified atom stereocenters. The number of rotatable bonds is 7. The quantitative estimate of drug-likeness (QED) is 0.738. The van der Waals surface area contributed by atoms with Crippen LogP contribution in [-0.4, -0.2) is 19.2 Å². The monoisotopic (exact) mass is 239 g/mol. The minimum absolute atomic E-state index is 0.00144. The SMILES string of the molecule is CCCNCC(Oc1ccccc1F)C(C)C. The predicted molar refractivity (Wildman–Crippen MR) is 68.8 cm³/mol. The molecule has 0 aliphatic rings. The Balaban J connectivity index is 2.57. The highest BCUT2D eigenvalue weighted by Gasteiger charge is 2.16. The van der Waals surface area contributed by atoms with Crippen LogP contribution in [0.5, 0.6) is 5.75 Å². The van der Waals surface area contributed by atoms with Crippen molar-refractivity contribution in [2.75, 3.05) is 13.1 Å². The van der Waals surface area contributed by atoms with Crippen LogP contribution in [0, 0.1) is 11.7 Å². The van der Waals surface area contributed by atoms with E-state index >= 15 is 0 Å². The van der Waals surface area contributed by atoms with Crippen LogP contribution in [0.25, 0.3) is 0 Å². The molecule has 1 atom stereocenters. The summed E-state index contributed by atoms with van der Waals surface area (Å²) in [5.74, 6) is 0.386. The second-order valence-corrected chi connectivity index (χ2v) is 4.53. The Morgan fingerprint density at radius 3 is 2.59 bits per heavy atom. The molecule has 0 bridgehead atoms. The van der Waals surface area contributed by atoms with Crippen LogP contribution in [0.3, 0.4) is 0 Å². The van der Waals surface area contributed by atoms with Gasteiger partial charge in [-0.15, -0.1) is 0 Å². The first-order valence-electron chi connectivity index (χ1n) is 6.27. The molecular weight excluding hydrogens is 217 g/mol. The van der Waals surface area contributed by atoms with Gasteiger partial charge >= 0.3 is 0 Å². The number of halogens is 1.